The number of methoxy groups -OCH3 is 1. The molecule has 0 radical (unpaired) electrons. The summed E-state index contributed by atoms with van der Waals surface area (Å²) in [6.07, 6.45) is 1.08. The van der Waals surface area contributed by atoms with Crippen molar-refractivity contribution >= 4 is 32.7 Å². The summed E-state index contributed by atoms with van der Waals surface area (Å²) in [4.78, 5) is 20.9. The molecule has 2 heterocycles. The van der Waals surface area contributed by atoms with Crippen molar-refractivity contribution in [3.05, 3.63) is 72.8 Å². The first-order valence-corrected chi connectivity index (χ1v) is 12.4. The van der Waals surface area contributed by atoms with Crippen LogP contribution in [-0.4, -0.2) is 48.3 Å². The van der Waals surface area contributed by atoms with Gasteiger partial charge in [-0.15, -0.1) is 0 Å². The van der Waals surface area contributed by atoms with E-state index in [1.165, 1.54) is 4.31 Å². The monoisotopic (exact) mass is 476 g/mol. The van der Waals surface area contributed by atoms with E-state index in [4.69, 9.17) is 4.74 Å². The molecule has 0 spiro atoms. The number of sulfonamides is 1. The molecule has 1 aliphatic rings. The lowest BCUT2D eigenvalue weighted by Crippen LogP contribution is -2.43. The molecular formula is C25H24N4O4S. The maximum atomic E-state index is 13.5. The highest BCUT2D eigenvalue weighted by Gasteiger charge is 2.39. The molecule has 9 heteroatoms. The van der Waals surface area contributed by atoms with Crippen LogP contribution in [0.4, 0.5) is 5.69 Å². The van der Waals surface area contributed by atoms with Crippen LogP contribution in [0.2, 0.25) is 0 Å². The summed E-state index contributed by atoms with van der Waals surface area (Å²) in [6, 6.07) is 20.6. The third kappa shape index (κ3) is 4.15. The van der Waals surface area contributed by atoms with E-state index in [-0.39, 0.29) is 10.8 Å². The number of nitrogens with one attached hydrogen (secondary N) is 2. The molecule has 0 saturated carbocycles. The molecule has 1 fully saturated rings. The first-order chi connectivity index (χ1) is 16.5. The van der Waals surface area contributed by atoms with Gasteiger partial charge in [0.15, 0.2) is 0 Å². The number of aromatic amines is 1. The quantitative estimate of drug-likeness (QED) is 0.437. The molecule has 174 valence electrons. The number of benzene rings is 3. The average Bonchev–Trinajstić information content (AvgIpc) is 3.52. The largest absolute Gasteiger partial charge is 0.497 e. The summed E-state index contributed by atoms with van der Waals surface area (Å²) in [7, 11) is -2.31. The lowest BCUT2D eigenvalue weighted by Gasteiger charge is -2.23. The molecule has 4 aromatic rings. The fraction of sp³-hybridized carbons (Fsp3) is 0.200. The minimum absolute atomic E-state index is 0.132. The van der Waals surface area contributed by atoms with E-state index in [0.717, 1.165) is 5.56 Å². The number of ether oxygens (including phenoxy) is 1. The minimum atomic E-state index is -3.88. The Morgan fingerprint density at radius 2 is 1.85 bits per heavy atom. The molecule has 0 unspecified atom stereocenters. The van der Waals surface area contributed by atoms with E-state index < -0.39 is 16.1 Å². The fourth-order valence-corrected chi connectivity index (χ4v) is 5.89. The molecule has 1 aromatic heterocycles. The molecule has 1 saturated heterocycles. The third-order valence-corrected chi connectivity index (χ3v) is 7.88. The molecule has 0 bridgehead atoms. The van der Waals surface area contributed by atoms with E-state index >= 15 is 0 Å². The van der Waals surface area contributed by atoms with Crippen LogP contribution >= 0.6 is 0 Å². The highest BCUT2D eigenvalue weighted by atomic mass is 32.2. The van der Waals surface area contributed by atoms with Gasteiger partial charge in [-0.1, -0.05) is 30.3 Å². The number of fused-ring (bicyclic) bond motifs is 1. The molecule has 1 amide bonds. The minimum Gasteiger partial charge on any atom is -0.497 e. The Morgan fingerprint density at radius 3 is 2.59 bits per heavy atom. The van der Waals surface area contributed by atoms with Crippen molar-refractivity contribution in [1.82, 2.24) is 14.3 Å². The number of hydrogen-bond donors (Lipinski definition) is 2. The average molecular weight is 477 g/mol. The van der Waals surface area contributed by atoms with Gasteiger partial charge in [0.1, 0.15) is 17.6 Å². The lowest BCUT2D eigenvalue weighted by atomic mass is 10.2. The van der Waals surface area contributed by atoms with Crippen LogP contribution in [0.15, 0.2) is 77.7 Å². The van der Waals surface area contributed by atoms with Crippen LogP contribution in [0.1, 0.15) is 12.8 Å². The topological polar surface area (TPSA) is 104 Å². The highest BCUT2D eigenvalue weighted by molar-refractivity contribution is 7.89. The van der Waals surface area contributed by atoms with Gasteiger partial charge in [0, 0.05) is 17.8 Å². The number of H-pyrrole nitrogens is 1. The van der Waals surface area contributed by atoms with Gasteiger partial charge in [-0.3, -0.25) is 4.79 Å². The number of imidazole rings is 1. The smallest absolute Gasteiger partial charge is 0.243 e. The molecule has 3 aromatic carbocycles. The van der Waals surface area contributed by atoms with Crippen molar-refractivity contribution in [3.8, 4) is 17.1 Å². The maximum absolute atomic E-state index is 13.5. The van der Waals surface area contributed by atoms with E-state index in [2.05, 4.69) is 15.3 Å². The van der Waals surface area contributed by atoms with Crippen LogP contribution in [0.25, 0.3) is 22.4 Å². The van der Waals surface area contributed by atoms with Gasteiger partial charge in [-0.25, -0.2) is 13.4 Å². The van der Waals surface area contributed by atoms with Crippen LogP contribution in [0, 0.1) is 0 Å². The highest BCUT2D eigenvalue weighted by Crippen LogP contribution is 2.29. The van der Waals surface area contributed by atoms with Crippen molar-refractivity contribution < 1.29 is 17.9 Å². The first kappa shape index (κ1) is 22.1. The van der Waals surface area contributed by atoms with Gasteiger partial charge in [0.05, 0.1) is 23.0 Å². The Bertz CT molecular complexity index is 1430. The van der Waals surface area contributed by atoms with Gasteiger partial charge in [0.2, 0.25) is 15.9 Å². The lowest BCUT2D eigenvalue weighted by molar-refractivity contribution is -0.119. The molecule has 1 atom stereocenters. The number of amides is 1. The summed E-state index contributed by atoms with van der Waals surface area (Å²) < 4.78 is 33.4. The second-order valence-electron chi connectivity index (χ2n) is 8.12. The molecule has 0 aliphatic carbocycles. The number of carbonyl (C=O) groups is 1. The van der Waals surface area contributed by atoms with Crippen LogP contribution < -0.4 is 10.1 Å². The summed E-state index contributed by atoms with van der Waals surface area (Å²) in [5, 5.41) is 2.82. The van der Waals surface area contributed by atoms with Gasteiger partial charge in [-0.2, -0.15) is 4.31 Å². The SMILES string of the molecule is COc1ccc(NC(=O)[C@@H]2CCCN2S(=O)(=O)c2ccc3nc(-c4ccccc4)[nH]c3c2)cc1. The number of nitrogens with zero attached hydrogens (tertiary/aromatic N) is 2. The second-order valence-corrected chi connectivity index (χ2v) is 10.0. The normalized spacial score (nSPS) is 16.6. The zero-order valence-corrected chi connectivity index (χ0v) is 19.4. The first-order valence-electron chi connectivity index (χ1n) is 11.0. The number of anilines is 1. The maximum Gasteiger partial charge on any atom is 0.243 e. The van der Waals surface area contributed by atoms with Crippen molar-refractivity contribution in [2.75, 3.05) is 19.0 Å². The van der Waals surface area contributed by atoms with E-state index in [0.29, 0.717) is 47.7 Å². The summed E-state index contributed by atoms with van der Waals surface area (Å²) >= 11 is 0. The predicted octanol–water partition coefficient (Wildman–Crippen LogP) is 4.03. The van der Waals surface area contributed by atoms with E-state index in [1.54, 1.807) is 49.6 Å². The predicted molar refractivity (Wildman–Crippen MR) is 130 cm³/mol. The van der Waals surface area contributed by atoms with Crippen LogP contribution in [0.3, 0.4) is 0 Å². The zero-order chi connectivity index (χ0) is 23.7. The summed E-state index contributed by atoms with van der Waals surface area (Å²) in [5.41, 5.74) is 2.80. The number of rotatable bonds is 6. The van der Waals surface area contributed by atoms with Crippen LogP contribution in [-0.2, 0) is 14.8 Å². The van der Waals surface area contributed by atoms with E-state index in [9.17, 15) is 13.2 Å². The van der Waals surface area contributed by atoms with Gasteiger partial charge < -0.3 is 15.0 Å². The Labute approximate surface area is 197 Å². The summed E-state index contributed by atoms with van der Waals surface area (Å²) in [6.45, 7) is 0.291. The molecule has 8 nitrogen and oxygen atoms in total. The molecule has 1 aliphatic heterocycles. The van der Waals surface area contributed by atoms with E-state index in [1.807, 2.05) is 30.3 Å². The molecule has 5 rings (SSSR count). The second kappa shape index (κ2) is 8.92. The van der Waals surface area contributed by atoms with Gasteiger partial charge >= 0.3 is 0 Å². The molecule has 2 N–H and O–H groups in total. The Balaban J connectivity index is 1.39. The van der Waals surface area contributed by atoms with Crippen molar-refractivity contribution in [2.45, 2.75) is 23.8 Å². The van der Waals surface area contributed by atoms with Crippen molar-refractivity contribution in [3.63, 3.8) is 0 Å². The standard InChI is InChI=1S/C25H24N4O4S/c1-33-19-11-9-18(10-12-19)26-25(30)23-8-5-15-29(23)34(31,32)20-13-14-21-22(16-20)28-24(27-21)17-6-3-2-4-7-17/h2-4,6-7,9-14,16,23H,5,8,15H2,1H3,(H,26,30)(H,27,28)/t23-/m0/s1. The Hall–Kier alpha value is -3.69. The van der Waals surface area contributed by atoms with Crippen molar-refractivity contribution in [2.24, 2.45) is 0 Å². The third-order valence-electron chi connectivity index (χ3n) is 5.97. The zero-order valence-electron chi connectivity index (χ0n) is 18.6. The molecular weight excluding hydrogens is 452 g/mol. The van der Waals surface area contributed by atoms with Crippen LogP contribution in [0.5, 0.6) is 5.75 Å². The Kier molecular flexibility index (Phi) is 5.80. The summed E-state index contributed by atoms with van der Waals surface area (Å²) in [5.74, 6) is 0.996. The van der Waals surface area contributed by atoms with Gasteiger partial charge in [0.25, 0.3) is 0 Å². The fourth-order valence-electron chi connectivity index (χ4n) is 4.21. The number of aromatic nitrogens is 2. The number of carbonyl (C=O) groups excluding carboxylic acids is 1. The molecule has 34 heavy (non-hydrogen) atoms. The van der Waals surface area contributed by atoms with Crippen molar-refractivity contribution in [1.29, 1.82) is 0 Å². The Morgan fingerprint density at radius 1 is 1.09 bits per heavy atom. The van der Waals surface area contributed by atoms with Gasteiger partial charge in [-0.05, 0) is 55.3 Å². The number of hydrogen-bond acceptors (Lipinski definition) is 5.